The Bertz CT molecular complexity index is 1330. The van der Waals surface area contributed by atoms with Crippen LogP contribution < -0.4 is 5.56 Å². The quantitative estimate of drug-likeness (QED) is 0.424. The Labute approximate surface area is 173 Å². The molecule has 0 amide bonds. The average molecular weight is 450 g/mol. The van der Waals surface area contributed by atoms with Crippen molar-refractivity contribution in [2.45, 2.75) is 0 Å². The normalized spacial score (nSPS) is 11.2. The van der Waals surface area contributed by atoms with Crippen LogP contribution in [0.15, 0.2) is 69.9 Å². The molecule has 142 valence electrons. The van der Waals surface area contributed by atoms with Crippen molar-refractivity contribution in [3.63, 3.8) is 0 Å². The molecule has 2 aromatic carbocycles. The van der Waals surface area contributed by atoms with Gasteiger partial charge in [0, 0.05) is 4.47 Å². The molecule has 29 heavy (non-hydrogen) atoms. The van der Waals surface area contributed by atoms with Crippen LogP contribution in [0.1, 0.15) is 22.0 Å². The number of carbonyl (C=O) groups is 1. The summed E-state index contributed by atoms with van der Waals surface area (Å²) >= 11 is 3.46. The van der Waals surface area contributed by atoms with Crippen molar-refractivity contribution < 1.29 is 9.18 Å². The first-order valence-electron chi connectivity index (χ1n) is 8.64. The summed E-state index contributed by atoms with van der Waals surface area (Å²) in [5.41, 5.74) is 1.41. The zero-order chi connectivity index (χ0) is 20.4. The summed E-state index contributed by atoms with van der Waals surface area (Å²) in [4.78, 5) is 32.9. The number of nitrogens with zero attached hydrogens (tertiary/aromatic N) is 3. The summed E-state index contributed by atoms with van der Waals surface area (Å²) < 4.78 is 15.8. The number of benzene rings is 2. The van der Waals surface area contributed by atoms with Crippen molar-refractivity contribution in [2.75, 3.05) is 0 Å². The molecule has 0 aliphatic heterocycles. The molecule has 0 saturated carbocycles. The van der Waals surface area contributed by atoms with Gasteiger partial charge in [0.25, 0.3) is 5.56 Å². The van der Waals surface area contributed by atoms with E-state index in [1.807, 2.05) is 6.07 Å². The molecule has 0 bridgehead atoms. The van der Waals surface area contributed by atoms with Crippen molar-refractivity contribution in [1.29, 1.82) is 0 Å². The highest BCUT2D eigenvalue weighted by Gasteiger charge is 2.14. The van der Waals surface area contributed by atoms with E-state index in [9.17, 15) is 14.0 Å². The van der Waals surface area contributed by atoms with E-state index in [0.717, 1.165) is 0 Å². The zero-order valence-corrected chi connectivity index (χ0v) is 16.5. The number of aromatic nitrogens is 3. The SMILES string of the molecule is O=Cc1cccc(C=Cc2nc3ccc(F)cc3c(=O)n2-c2ccccc2Br)n1. The largest absolute Gasteiger partial charge is 0.296 e. The lowest BCUT2D eigenvalue weighted by Crippen LogP contribution is -2.22. The van der Waals surface area contributed by atoms with E-state index >= 15 is 0 Å². The second-order valence-corrected chi connectivity index (χ2v) is 7.02. The van der Waals surface area contributed by atoms with Gasteiger partial charge in [-0.25, -0.2) is 14.4 Å². The molecule has 7 heteroatoms. The number of aldehydes is 1. The van der Waals surface area contributed by atoms with Gasteiger partial charge in [0.05, 0.1) is 22.3 Å². The lowest BCUT2D eigenvalue weighted by Gasteiger charge is -2.13. The summed E-state index contributed by atoms with van der Waals surface area (Å²) in [5.74, 6) is -0.160. The van der Waals surface area contributed by atoms with E-state index in [-0.39, 0.29) is 5.39 Å². The van der Waals surface area contributed by atoms with E-state index < -0.39 is 11.4 Å². The van der Waals surface area contributed by atoms with Gasteiger partial charge in [0.2, 0.25) is 0 Å². The molecule has 4 aromatic rings. The minimum atomic E-state index is -0.506. The lowest BCUT2D eigenvalue weighted by molar-refractivity contribution is 0.111. The van der Waals surface area contributed by atoms with Gasteiger partial charge in [0.1, 0.15) is 17.3 Å². The van der Waals surface area contributed by atoms with E-state index in [2.05, 4.69) is 25.9 Å². The number of carbonyl (C=O) groups excluding carboxylic acids is 1. The highest BCUT2D eigenvalue weighted by molar-refractivity contribution is 9.10. The van der Waals surface area contributed by atoms with Crippen molar-refractivity contribution in [2.24, 2.45) is 0 Å². The minimum absolute atomic E-state index is 0.180. The third kappa shape index (κ3) is 3.77. The van der Waals surface area contributed by atoms with Gasteiger partial charge in [-0.15, -0.1) is 0 Å². The van der Waals surface area contributed by atoms with Crippen LogP contribution in [0.3, 0.4) is 0 Å². The Hall–Kier alpha value is -3.45. The minimum Gasteiger partial charge on any atom is -0.296 e. The number of rotatable bonds is 4. The average Bonchev–Trinajstić information content (AvgIpc) is 2.74. The van der Waals surface area contributed by atoms with Crippen LogP contribution in [0.2, 0.25) is 0 Å². The molecule has 0 aliphatic carbocycles. The summed E-state index contributed by atoms with van der Waals surface area (Å²) in [5, 5.41) is 0.180. The number of para-hydroxylation sites is 1. The summed E-state index contributed by atoms with van der Waals surface area (Å²) in [6.45, 7) is 0. The van der Waals surface area contributed by atoms with Gasteiger partial charge in [-0.05, 0) is 70.5 Å². The molecule has 0 fully saturated rings. The topological polar surface area (TPSA) is 64.8 Å². The molecule has 0 spiro atoms. The molecular weight excluding hydrogens is 437 g/mol. The van der Waals surface area contributed by atoms with E-state index in [1.165, 1.54) is 22.8 Å². The molecule has 0 N–H and O–H groups in total. The second kappa shape index (κ2) is 7.89. The Morgan fingerprint density at radius 2 is 1.72 bits per heavy atom. The van der Waals surface area contributed by atoms with Crippen molar-refractivity contribution >= 4 is 45.3 Å². The van der Waals surface area contributed by atoms with E-state index in [4.69, 9.17) is 0 Å². The summed E-state index contributed by atoms with van der Waals surface area (Å²) in [6, 6.07) is 16.2. The van der Waals surface area contributed by atoms with Gasteiger partial charge < -0.3 is 0 Å². The second-order valence-electron chi connectivity index (χ2n) is 6.16. The van der Waals surface area contributed by atoms with Gasteiger partial charge in [-0.2, -0.15) is 0 Å². The van der Waals surface area contributed by atoms with E-state index in [1.54, 1.807) is 48.6 Å². The number of pyridine rings is 1. The van der Waals surface area contributed by atoms with Crippen LogP contribution in [-0.2, 0) is 0 Å². The predicted molar refractivity (Wildman–Crippen MR) is 114 cm³/mol. The molecule has 0 aliphatic rings. The highest BCUT2D eigenvalue weighted by atomic mass is 79.9. The molecule has 0 saturated heterocycles. The third-order valence-electron chi connectivity index (χ3n) is 4.27. The Balaban J connectivity index is 1.96. The fourth-order valence-electron chi connectivity index (χ4n) is 2.94. The van der Waals surface area contributed by atoms with Crippen LogP contribution >= 0.6 is 15.9 Å². The van der Waals surface area contributed by atoms with Crippen LogP contribution in [0, 0.1) is 5.82 Å². The Kier molecular flexibility index (Phi) is 5.14. The predicted octanol–water partition coefficient (Wildman–Crippen LogP) is 4.67. The van der Waals surface area contributed by atoms with E-state index in [0.29, 0.717) is 39.2 Å². The maximum absolute atomic E-state index is 13.7. The van der Waals surface area contributed by atoms with Crippen LogP contribution in [0.5, 0.6) is 0 Å². The van der Waals surface area contributed by atoms with Gasteiger partial charge in [-0.3, -0.25) is 14.2 Å². The molecule has 0 atom stereocenters. The molecule has 4 rings (SSSR count). The van der Waals surface area contributed by atoms with Crippen molar-refractivity contribution in [1.82, 2.24) is 14.5 Å². The maximum Gasteiger partial charge on any atom is 0.266 e. The molecule has 5 nitrogen and oxygen atoms in total. The number of hydrogen-bond donors (Lipinski definition) is 0. The molecule has 2 heterocycles. The van der Waals surface area contributed by atoms with Gasteiger partial charge in [-0.1, -0.05) is 18.2 Å². The van der Waals surface area contributed by atoms with Crippen molar-refractivity contribution in [3.8, 4) is 5.69 Å². The van der Waals surface area contributed by atoms with Crippen LogP contribution in [0.25, 0.3) is 28.7 Å². The maximum atomic E-state index is 13.7. The Morgan fingerprint density at radius 3 is 2.52 bits per heavy atom. The Morgan fingerprint density at radius 1 is 0.931 bits per heavy atom. The molecule has 0 radical (unpaired) electrons. The van der Waals surface area contributed by atoms with Crippen LogP contribution in [-0.4, -0.2) is 20.8 Å². The number of halogens is 2. The summed E-state index contributed by atoms with van der Waals surface area (Å²) in [7, 11) is 0. The fraction of sp³-hybridized carbons (Fsp3) is 0. The highest BCUT2D eigenvalue weighted by Crippen LogP contribution is 2.22. The van der Waals surface area contributed by atoms with Gasteiger partial charge in [0.15, 0.2) is 6.29 Å². The molecule has 2 aromatic heterocycles. The first-order valence-corrected chi connectivity index (χ1v) is 9.43. The smallest absolute Gasteiger partial charge is 0.266 e. The standard InChI is InChI=1S/C22H13BrFN3O2/c23-18-6-1-2-7-20(18)27-21(11-9-15-4-3-5-16(13-28)25-15)26-19-10-8-14(24)12-17(19)22(27)29/h1-13H. The summed E-state index contributed by atoms with van der Waals surface area (Å²) in [6.07, 6.45) is 3.97. The lowest BCUT2D eigenvalue weighted by atomic mass is 10.2. The monoisotopic (exact) mass is 449 g/mol. The van der Waals surface area contributed by atoms with Crippen LogP contribution in [0.4, 0.5) is 4.39 Å². The zero-order valence-electron chi connectivity index (χ0n) is 14.9. The first-order chi connectivity index (χ1) is 14.1. The van der Waals surface area contributed by atoms with Crippen molar-refractivity contribution in [3.05, 3.63) is 98.5 Å². The molecular formula is C22H13BrFN3O2. The number of hydrogen-bond acceptors (Lipinski definition) is 4. The number of fused-ring (bicyclic) bond motifs is 1. The third-order valence-corrected chi connectivity index (χ3v) is 4.94. The molecule has 0 unspecified atom stereocenters. The van der Waals surface area contributed by atoms with Gasteiger partial charge >= 0.3 is 0 Å². The fourth-order valence-corrected chi connectivity index (χ4v) is 3.40. The first kappa shape index (κ1) is 18.9.